The van der Waals surface area contributed by atoms with E-state index >= 15 is 0 Å². The Bertz CT molecular complexity index is 154. The zero-order chi connectivity index (χ0) is 14.2. The Morgan fingerprint density at radius 2 is 0.842 bits per heavy atom. The number of hydrogen-bond acceptors (Lipinski definition) is 0. The molecule has 0 N–H and O–H groups in total. The van der Waals surface area contributed by atoms with Crippen molar-refractivity contribution in [1.82, 2.24) is 0 Å². The molecule has 0 aliphatic heterocycles. The Kier molecular flexibility index (Phi) is 17.7. The van der Waals surface area contributed by atoms with Crippen LogP contribution in [-0.4, -0.2) is 24.7 Å². The predicted molar refractivity (Wildman–Crippen MR) is 90.0 cm³/mol. The van der Waals surface area contributed by atoms with E-state index in [1.165, 1.54) is 94.0 Å². The van der Waals surface area contributed by atoms with E-state index in [-0.39, 0.29) is 0 Å². The Labute approximate surface area is 138 Å². The summed E-state index contributed by atoms with van der Waals surface area (Å²) in [5, 5.41) is 0. The van der Waals surface area contributed by atoms with Gasteiger partial charge in [0.2, 0.25) is 0 Å². The van der Waals surface area contributed by atoms with E-state index in [2.05, 4.69) is 13.8 Å². The Hall–Kier alpha value is 0.883. The molecule has 0 unspecified atom stereocenters. The summed E-state index contributed by atoms with van der Waals surface area (Å²) in [5.41, 5.74) is 0. The van der Waals surface area contributed by atoms with Crippen molar-refractivity contribution in [3.8, 4) is 0 Å². The van der Waals surface area contributed by atoms with Gasteiger partial charge >= 0.3 is 99.5 Å². The summed E-state index contributed by atoms with van der Waals surface area (Å²) in [6, 6.07) is 0. The topological polar surface area (TPSA) is 0 Å². The molecule has 0 bridgehead atoms. The van der Waals surface area contributed by atoms with E-state index in [0.29, 0.717) is 0 Å². The molecule has 0 saturated heterocycles. The molecule has 0 aromatic carbocycles. The summed E-state index contributed by atoms with van der Waals surface area (Å²) in [6.45, 7) is 4.67. The number of rotatable bonds is 15. The van der Waals surface area contributed by atoms with Crippen LogP contribution in [0, 0.1) is 5.92 Å². The van der Waals surface area contributed by atoms with Crippen molar-refractivity contribution in [2.75, 3.05) is 0 Å². The SMILES string of the molecule is CC(C)CCCCCCCCCCCCCC[CH2][Bi]. The monoisotopic (exact) mass is 462 g/mol. The van der Waals surface area contributed by atoms with Gasteiger partial charge in [-0.3, -0.25) is 0 Å². The fourth-order valence-electron chi connectivity index (χ4n) is 2.61. The Morgan fingerprint density at radius 3 is 1.16 bits per heavy atom. The van der Waals surface area contributed by atoms with Crippen molar-refractivity contribution in [3.05, 3.63) is 0 Å². The fourth-order valence-corrected chi connectivity index (χ4v) is 3.48. The molecule has 0 fully saturated rings. The minimum absolute atomic E-state index is 0.902. The van der Waals surface area contributed by atoms with Crippen molar-refractivity contribution in [1.29, 1.82) is 0 Å². The van der Waals surface area contributed by atoms with Gasteiger partial charge in [-0.1, -0.05) is 33.1 Å². The summed E-state index contributed by atoms with van der Waals surface area (Å²) < 4.78 is 1.48. The summed E-state index contributed by atoms with van der Waals surface area (Å²) in [6.07, 6.45) is 20.7. The minimum atomic E-state index is 0.902. The maximum absolute atomic E-state index is 2.34. The second kappa shape index (κ2) is 16.9. The third-order valence-electron chi connectivity index (χ3n) is 3.94. The molecule has 0 aromatic rings. The molecule has 0 aliphatic rings. The van der Waals surface area contributed by atoms with Crippen molar-refractivity contribution in [3.63, 3.8) is 0 Å². The van der Waals surface area contributed by atoms with Crippen LogP contribution in [0.25, 0.3) is 0 Å². The third kappa shape index (κ3) is 18.9. The van der Waals surface area contributed by atoms with E-state index in [0.717, 1.165) is 5.92 Å². The normalized spacial score (nSPS) is 11.4. The van der Waals surface area contributed by atoms with Crippen molar-refractivity contribution in [2.24, 2.45) is 5.92 Å². The predicted octanol–water partition coefficient (Wildman–Crippen LogP) is 6.69. The molecule has 0 amide bonds. The zero-order valence-corrected chi connectivity index (χ0v) is 17.1. The molecule has 0 rings (SSSR count). The molecule has 0 saturated carbocycles. The molecular weight excluding hydrogens is 425 g/mol. The van der Waals surface area contributed by atoms with Crippen LogP contribution in [0.4, 0.5) is 0 Å². The van der Waals surface area contributed by atoms with Crippen molar-refractivity contribution < 1.29 is 0 Å². The molecule has 0 aliphatic carbocycles. The van der Waals surface area contributed by atoms with E-state index in [1.807, 2.05) is 0 Å². The molecular formula is C18H37Bi. The van der Waals surface area contributed by atoms with Crippen LogP contribution < -0.4 is 0 Å². The molecule has 0 atom stereocenters. The molecule has 1 heteroatoms. The van der Waals surface area contributed by atoms with E-state index < -0.39 is 0 Å². The van der Waals surface area contributed by atoms with Gasteiger partial charge in [0.25, 0.3) is 0 Å². The fraction of sp³-hybridized carbons (Fsp3) is 1.00. The molecule has 0 spiro atoms. The maximum atomic E-state index is 2.34. The van der Waals surface area contributed by atoms with Gasteiger partial charge in [0.15, 0.2) is 0 Å². The average Bonchev–Trinajstić information content (AvgIpc) is 2.39. The van der Waals surface area contributed by atoms with Gasteiger partial charge in [0, 0.05) is 0 Å². The van der Waals surface area contributed by atoms with E-state index in [4.69, 9.17) is 0 Å². The van der Waals surface area contributed by atoms with Crippen molar-refractivity contribution in [2.45, 2.75) is 108 Å². The zero-order valence-electron chi connectivity index (χ0n) is 13.6. The number of unbranched alkanes of at least 4 members (excludes halogenated alkanes) is 12. The van der Waals surface area contributed by atoms with Crippen molar-refractivity contribution >= 4 is 24.7 Å². The second-order valence-electron chi connectivity index (χ2n) is 6.50. The first-order valence-corrected chi connectivity index (χ1v) is 11.3. The van der Waals surface area contributed by atoms with Crippen LogP contribution in [-0.2, 0) is 0 Å². The first-order chi connectivity index (χ1) is 9.27. The Balaban J connectivity index is 2.91. The molecule has 19 heavy (non-hydrogen) atoms. The number of hydrogen-bond donors (Lipinski definition) is 0. The molecule has 114 valence electrons. The molecule has 2 radical (unpaired) electrons. The summed E-state index contributed by atoms with van der Waals surface area (Å²) in [7, 11) is 0. The second-order valence-corrected chi connectivity index (χ2v) is 8.24. The quantitative estimate of drug-likeness (QED) is 0.188. The van der Waals surface area contributed by atoms with E-state index in [9.17, 15) is 0 Å². The molecule has 0 heterocycles. The first-order valence-electron chi connectivity index (χ1n) is 8.88. The summed E-state index contributed by atoms with van der Waals surface area (Å²) >= 11 is 1.59. The standard InChI is InChI=1S/C18H37.Bi/c1-4-5-6-7-8-9-10-11-12-13-14-15-16-17-18(2)3;/h18H,1,4-17H2,2-3H3;. The van der Waals surface area contributed by atoms with Gasteiger partial charge in [0.05, 0.1) is 0 Å². The van der Waals surface area contributed by atoms with E-state index in [1.54, 1.807) is 24.7 Å². The summed E-state index contributed by atoms with van der Waals surface area (Å²) in [5.74, 6) is 0.902. The van der Waals surface area contributed by atoms with Gasteiger partial charge in [-0.2, -0.15) is 0 Å². The first kappa shape index (κ1) is 19.9. The van der Waals surface area contributed by atoms with Crippen LogP contribution in [0.15, 0.2) is 0 Å². The summed E-state index contributed by atoms with van der Waals surface area (Å²) in [4.78, 5) is 0. The van der Waals surface area contributed by atoms with Gasteiger partial charge in [-0.25, -0.2) is 0 Å². The average molecular weight is 462 g/mol. The van der Waals surface area contributed by atoms with Gasteiger partial charge in [-0.15, -0.1) is 0 Å². The van der Waals surface area contributed by atoms with Crippen LogP contribution in [0.5, 0.6) is 0 Å². The third-order valence-corrected chi connectivity index (χ3v) is 5.17. The van der Waals surface area contributed by atoms with Gasteiger partial charge in [0.1, 0.15) is 0 Å². The van der Waals surface area contributed by atoms with Crippen LogP contribution >= 0.6 is 0 Å². The van der Waals surface area contributed by atoms with Gasteiger partial charge < -0.3 is 0 Å². The Morgan fingerprint density at radius 1 is 0.526 bits per heavy atom. The van der Waals surface area contributed by atoms with Crippen LogP contribution in [0.1, 0.15) is 104 Å². The molecule has 0 aromatic heterocycles. The van der Waals surface area contributed by atoms with Crippen LogP contribution in [0.3, 0.4) is 0 Å². The van der Waals surface area contributed by atoms with Gasteiger partial charge in [-0.05, 0) is 5.92 Å². The van der Waals surface area contributed by atoms with Crippen LogP contribution in [0.2, 0.25) is 4.13 Å². The molecule has 0 nitrogen and oxygen atoms in total.